The van der Waals surface area contributed by atoms with E-state index < -0.39 is 0 Å². The molecule has 0 unspecified atom stereocenters. The van der Waals surface area contributed by atoms with Gasteiger partial charge < -0.3 is 15.1 Å². The molecule has 0 saturated heterocycles. The van der Waals surface area contributed by atoms with Crippen LogP contribution < -0.4 is 4.90 Å². The normalized spacial score (nSPS) is 10.3. The largest absolute Gasteiger partial charge is 0.395 e. The first-order valence-electron chi connectivity index (χ1n) is 4.44. The van der Waals surface area contributed by atoms with Crippen LogP contribution in [-0.2, 0) is 6.61 Å². The van der Waals surface area contributed by atoms with Crippen molar-refractivity contribution < 1.29 is 10.2 Å². The third kappa shape index (κ3) is 2.40. The molecular weight excluding hydrogens is 182 g/mol. The summed E-state index contributed by atoms with van der Waals surface area (Å²) in [5.41, 5.74) is 1.49. The van der Waals surface area contributed by atoms with Gasteiger partial charge in [-0.1, -0.05) is 0 Å². The number of hydrogen-bond donors (Lipinski definition) is 2. The quantitative estimate of drug-likeness (QED) is 0.694. The number of nitrogens with zero attached hydrogens (tertiary/aromatic N) is 3. The predicted molar refractivity (Wildman–Crippen MR) is 53.0 cm³/mol. The highest BCUT2D eigenvalue weighted by Crippen LogP contribution is 2.09. The Morgan fingerprint density at radius 1 is 1.43 bits per heavy atom. The molecule has 0 aliphatic carbocycles. The summed E-state index contributed by atoms with van der Waals surface area (Å²) in [5, 5.41) is 17.6. The molecular formula is C9H15N3O2. The number of rotatable bonds is 4. The number of likely N-dealkylation sites (N-methyl/N-ethyl adjacent to an activating group) is 1. The summed E-state index contributed by atoms with van der Waals surface area (Å²) in [4.78, 5) is 10.0. The predicted octanol–water partition coefficient (Wildman–Crippen LogP) is -0.294. The van der Waals surface area contributed by atoms with E-state index in [9.17, 15) is 0 Å². The molecule has 0 atom stereocenters. The molecule has 0 aliphatic rings. The molecule has 0 amide bonds. The van der Waals surface area contributed by atoms with Crippen molar-refractivity contribution in [1.29, 1.82) is 0 Å². The maximum atomic E-state index is 8.92. The lowest BCUT2D eigenvalue weighted by molar-refractivity contribution is 0.280. The van der Waals surface area contributed by atoms with Crippen LogP contribution in [0.2, 0.25) is 0 Å². The van der Waals surface area contributed by atoms with Gasteiger partial charge in [-0.15, -0.1) is 0 Å². The third-order valence-electron chi connectivity index (χ3n) is 2.02. The first-order valence-corrected chi connectivity index (χ1v) is 4.44. The lowest BCUT2D eigenvalue weighted by Crippen LogP contribution is -2.23. The molecule has 5 heteroatoms. The fraction of sp³-hybridized carbons (Fsp3) is 0.556. The highest BCUT2D eigenvalue weighted by atomic mass is 16.3. The summed E-state index contributed by atoms with van der Waals surface area (Å²) in [6.07, 6.45) is 1.60. The van der Waals surface area contributed by atoms with E-state index in [0.717, 1.165) is 11.3 Å². The monoisotopic (exact) mass is 197 g/mol. The van der Waals surface area contributed by atoms with Crippen molar-refractivity contribution in [3.05, 3.63) is 17.5 Å². The van der Waals surface area contributed by atoms with Crippen LogP contribution in [0.5, 0.6) is 0 Å². The average molecular weight is 197 g/mol. The fourth-order valence-electron chi connectivity index (χ4n) is 1.07. The minimum atomic E-state index is -0.0458. The van der Waals surface area contributed by atoms with Gasteiger partial charge in [-0.25, -0.2) is 9.97 Å². The van der Waals surface area contributed by atoms with Crippen molar-refractivity contribution in [1.82, 2.24) is 9.97 Å². The van der Waals surface area contributed by atoms with Gasteiger partial charge >= 0.3 is 0 Å². The van der Waals surface area contributed by atoms with Crippen LogP contribution in [0.15, 0.2) is 6.20 Å². The van der Waals surface area contributed by atoms with E-state index in [-0.39, 0.29) is 13.2 Å². The van der Waals surface area contributed by atoms with Crippen LogP contribution in [0.3, 0.4) is 0 Å². The molecule has 14 heavy (non-hydrogen) atoms. The molecule has 78 valence electrons. The highest BCUT2D eigenvalue weighted by molar-refractivity contribution is 5.31. The number of aryl methyl sites for hydroxylation is 1. The second-order valence-corrected chi connectivity index (χ2v) is 3.08. The molecule has 0 fully saturated rings. The van der Waals surface area contributed by atoms with Crippen LogP contribution >= 0.6 is 0 Å². The Morgan fingerprint density at radius 2 is 2.14 bits per heavy atom. The van der Waals surface area contributed by atoms with Crippen LogP contribution in [-0.4, -0.2) is 40.4 Å². The molecule has 0 saturated carbocycles. The zero-order chi connectivity index (χ0) is 10.6. The number of aromatic nitrogens is 2. The van der Waals surface area contributed by atoms with Gasteiger partial charge in [-0.2, -0.15) is 0 Å². The van der Waals surface area contributed by atoms with Gasteiger partial charge in [0.05, 0.1) is 13.2 Å². The number of hydrogen-bond acceptors (Lipinski definition) is 5. The lowest BCUT2D eigenvalue weighted by Gasteiger charge is -2.16. The van der Waals surface area contributed by atoms with Crippen molar-refractivity contribution >= 4 is 5.95 Å². The summed E-state index contributed by atoms with van der Waals surface area (Å²) in [7, 11) is 1.81. The molecule has 0 spiro atoms. The number of aliphatic hydroxyl groups is 2. The Kier molecular flexibility index (Phi) is 3.79. The summed E-state index contributed by atoms with van der Waals surface area (Å²) in [5.74, 6) is 0.564. The third-order valence-corrected chi connectivity index (χ3v) is 2.02. The molecule has 0 aromatic carbocycles. The van der Waals surface area contributed by atoms with Gasteiger partial charge in [0.15, 0.2) is 0 Å². The van der Waals surface area contributed by atoms with E-state index in [1.54, 1.807) is 11.1 Å². The van der Waals surface area contributed by atoms with Crippen molar-refractivity contribution in [3.63, 3.8) is 0 Å². The Labute approximate surface area is 83.0 Å². The minimum Gasteiger partial charge on any atom is -0.395 e. The van der Waals surface area contributed by atoms with Gasteiger partial charge in [0.1, 0.15) is 0 Å². The number of anilines is 1. The zero-order valence-electron chi connectivity index (χ0n) is 8.43. The summed E-state index contributed by atoms with van der Waals surface area (Å²) < 4.78 is 0. The Balaban J connectivity index is 2.85. The zero-order valence-corrected chi connectivity index (χ0v) is 8.43. The molecule has 1 rings (SSSR count). The molecule has 5 nitrogen and oxygen atoms in total. The SMILES string of the molecule is Cc1nc(N(C)CCO)ncc1CO. The van der Waals surface area contributed by atoms with Crippen molar-refractivity contribution in [2.75, 3.05) is 25.1 Å². The maximum absolute atomic E-state index is 8.92. The number of aliphatic hydroxyl groups excluding tert-OH is 2. The van der Waals surface area contributed by atoms with Crippen LogP contribution in [0.25, 0.3) is 0 Å². The Hall–Kier alpha value is -1.20. The molecule has 1 aromatic heterocycles. The maximum Gasteiger partial charge on any atom is 0.225 e. The van der Waals surface area contributed by atoms with E-state index in [1.807, 2.05) is 14.0 Å². The van der Waals surface area contributed by atoms with E-state index in [0.29, 0.717) is 12.5 Å². The molecule has 0 radical (unpaired) electrons. The van der Waals surface area contributed by atoms with E-state index in [1.165, 1.54) is 0 Å². The minimum absolute atomic E-state index is 0.0458. The first-order chi connectivity index (χ1) is 6.69. The van der Waals surface area contributed by atoms with Gasteiger partial charge in [0.2, 0.25) is 5.95 Å². The average Bonchev–Trinajstić information content (AvgIpc) is 2.18. The van der Waals surface area contributed by atoms with Gasteiger partial charge in [0.25, 0.3) is 0 Å². The first kappa shape index (κ1) is 10.9. The lowest BCUT2D eigenvalue weighted by atomic mass is 10.2. The van der Waals surface area contributed by atoms with Gasteiger partial charge in [0, 0.05) is 31.0 Å². The molecule has 1 aromatic rings. The standard InChI is InChI=1S/C9H15N3O2/c1-7-8(6-14)5-10-9(11-7)12(2)3-4-13/h5,13-14H,3-4,6H2,1-2H3. The van der Waals surface area contributed by atoms with E-state index >= 15 is 0 Å². The van der Waals surface area contributed by atoms with Crippen LogP contribution in [0.1, 0.15) is 11.3 Å². The topological polar surface area (TPSA) is 69.5 Å². The summed E-state index contributed by atoms with van der Waals surface area (Å²) in [6, 6.07) is 0. The fourth-order valence-corrected chi connectivity index (χ4v) is 1.07. The van der Waals surface area contributed by atoms with Crippen molar-refractivity contribution in [2.45, 2.75) is 13.5 Å². The van der Waals surface area contributed by atoms with Crippen molar-refractivity contribution in [2.24, 2.45) is 0 Å². The second kappa shape index (κ2) is 4.88. The van der Waals surface area contributed by atoms with Gasteiger partial charge in [-0.05, 0) is 6.92 Å². The Morgan fingerprint density at radius 3 is 2.64 bits per heavy atom. The smallest absolute Gasteiger partial charge is 0.225 e. The van der Waals surface area contributed by atoms with Crippen LogP contribution in [0.4, 0.5) is 5.95 Å². The molecule has 2 N–H and O–H groups in total. The summed E-state index contributed by atoms with van der Waals surface area (Å²) >= 11 is 0. The second-order valence-electron chi connectivity index (χ2n) is 3.08. The highest BCUT2D eigenvalue weighted by Gasteiger charge is 2.05. The van der Waals surface area contributed by atoms with E-state index in [4.69, 9.17) is 10.2 Å². The van der Waals surface area contributed by atoms with Gasteiger partial charge in [-0.3, -0.25) is 0 Å². The molecule has 0 aliphatic heterocycles. The molecule has 0 bridgehead atoms. The van der Waals surface area contributed by atoms with E-state index in [2.05, 4.69) is 9.97 Å². The van der Waals surface area contributed by atoms with Crippen molar-refractivity contribution in [3.8, 4) is 0 Å². The van der Waals surface area contributed by atoms with Crippen LogP contribution in [0, 0.1) is 6.92 Å². The Bertz CT molecular complexity index is 304. The molecule has 1 heterocycles. The summed E-state index contributed by atoms with van der Waals surface area (Å²) in [6.45, 7) is 2.35.